The molecule has 1 saturated heterocycles. The lowest BCUT2D eigenvalue weighted by Gasteiger charge is -2.30. The van der Waals surface area contributed by atoms with Gasteiger partial charge in [-0.15, -0.1) is 0 Å². The average molecular weight is 471 g/mol. The van der Waals surface area contributed by atoms with Gasteiger partial charge in [0.05, 0.1) is 7.11 Å². The number of nitrogens with zero attached hydrogens (tertiary/aromatic N) is 2. The van der Waals surface area contributed by atoms with Crippen molar-refractivity contribution in [3.63, 3.8) is 0 Å². The summed E-state index contributed by atoms with van der Waals surface area (Å²) in [6, 6.07) is 25.9. The summed E-state index contributed by atoms with van der Waals surface area (Å²) < 4.78 is 5.31. The second kappa shape index (κ2) is 12.2. The molecule has 0 spiro atoms. The molecule has 6 heteroatoms. The Bertz CT molecular complexity index is 1130. The Morgan fingerprint density at radius 2 is 1.74 bits per heavy atom. The molecule has 182 valence electrons. The van der Waals surface area contributed by atoms with Gasteiger partial charge in [0, 0.05) is 57.6 Å². The maximum absolute atomic E-state index is 13.4. The zero-order chi connectivity index (χ0) is 24.5. The molecule has 1 fully saturated rings. The first-order valence-corrected chi connectivity index (χ1v) is 12.0. The van der Waals surface area contributed by atoms with E-state index in [4.69, 9.17) is 4.74 Å². The molecule has 0 saturated carbocycles. The van der Waals surface area contributed by atoms with Gasteiger partial charge in [-0.2, -0.15) is 0 Å². The monoisotopic (exact) mass is 470 g/mol. The number of ether oxygens (including phenoxy) is 1. The molecule has 35 heavy (non-hydrogen) atoms. The van der Waals surface area contributed by atoms with Crippen molar-refractivity contribution in [2.45, 2.75) is 6.54 Å². The molecule has 6 nitrogen and oxygen atoms in total. The van der Waals surface area contributed by atoms with Crippen LogP contribution in [0.4, 0.5) is 10.5 Å². The summed E-state index contributed by atoms with van der Waals surface area (Å²) in [6.45, 7) is 10.0. The van der Waals surface area contributed by atoms with Crippen molar-refractivity contribution >= 4 is 11.7 Å². The van der Waals surface area contributed by atoms with Crippen LogP contribution in [0, 0.1) is 0 Å². The number of hydrogen-bond donors (Lipinski definition) is 2. The standard InChI is InChI=1S/C29H34N4O2/c1-23(20-32-16-14-30-15-17-32)21-33(29(34)31-27-12-7-13-28(19-27)35-2)22-24-8-6-11-26(18-24)25-9-4-3-5-10-25/h3-13,18-19,30H,1,14-17,20-22H2,2H3,(H,31,34). The second-order valence-corrected chi connectivity index (χ2v) is 8.86. The molecule has 1 aliphatic rings. The first-order valence-electron chi connectivity index (χ1n) is 12.0. The third kappa shape index (κ3) is 7.18. The lowest BCUT2D eigenvalue weighted by atomic mass is 10.0. The lowest BCUT2D eigenvalue weighted by Crippen LogP contribution is -2.45. The molecule has 2 amide bonds. The molecular weight excluding hydrogens is 436 g/mol. The Labute approximate surface area is 208 Å². The van der Waals surface area contributed by atoms with Crippen LogP contribution in [0.2, 0.25) is 0 Å². The maximum atomic E-state index is 13.4. The number of methoxy groups -OCH3 is 1. The molecule has 2 N–H and O–H groups in total. The predicted molar refractivity (Wildman–Crippen MR) is 143 cm³/mol. The van der Waals surface area contributed by atoms with Crippen LogP contribution in [0.15, 0.2) is 91.0 Å². The summed E-state index contributed by atoms with van der Waals surface area (Å²) in [4.78, 5) is 17.6. The molecule has 0 bridgehead atoms. The van der Waals surface area contributed by atoms with Crippen LogP contribution in [0.25, 0.3) is 11.1 Å². The molecule has 1 aliphatic heterocycles. The highest BCUT2D eigenvalue weighted by atomic mass is 16.5. The second-order valence-electron chi connectivity index (χ2n) is 8.86. The normalized spacial score (nSPS) is 13.7. The lowest BCUT2D eigenvalue weighted by molar-refractivity contribution is 0.209. The van der Waals surface area contributed by atoms with Gasteiger partial charge in [0.2, 0.25) is 0 Å². The van der Waals surface area contributed by atoms with Crippen molar-refractivity contribution in [3.05, 3.63) is 96.6 Å². The number of piperazine rings is 1. The summed E-state index contributed by atoms with van der Waals surface area (Å²) >= 11 is 0. The van der Waals surface area contributed by atoms with Crippen LogP contribution >= 0.6 is 0 Å². The van der Waals surface area contributed by atoms with Gasteiger partial charge in [0.15, 0.2) is 0 Å². The number of nitrogens with one attached hydrogen (secondary N) is 2. The van der Waals surface area contributed by atoms with E-state index in [1.54, 1.807) is 7.11 Å². The summed E-state index contributed by atoms with van der Waals surface area (Å²) in [5, 5.41) is 6.41. The van der Waals surface area contributed by atoms with Crippen molar-refractivity contribution in [1.82, 2.24) is 15.1 Å². The molecule has 1 heterocycles. The van der Waals surface area contributed by atoms with E-state index in [0.29, 0.717) is 24.5 Å². The highest BCUT2D eigenvalue weighted by Crippen LogP contribution is 2.22. The minimum atomic E-state index is -0.162. The molecule has 0 radical (unpaired) electrons. The van der Waals surface area contributed by atoms with Gasteiger partial charge in [-0.1, -0.05) is 61.2 Å². The largest absolute Gasteiger partial charge is 0.497 e. The third-order valence-electron chi connectivity index (χ3n) is 6.09. The van der Waals surface area contributed by atoms with Crippen molar-refractivity contribution in [2.75, 3.05) is 51.7 Å². The number of benzene rings is 3. The van der Waals surface area contributed by atoms with Gasteiger partial charge in [0.25, 0.3) is 0 Å². The van der Waals surface area contributed by atoms with E-state index >= 15 is 0 Å². The SMILES string of the molecule is C=C(CN1CCNCC1)CN(Cc1cccc(-c2ccccc2)c1)C(=O)Nc1cccc(OC)c1. The van der Waals surface area contributed by atoms with Gasteiger partial charge in [-0.25, -0.2) is 4.79 Å². The topological polar surface area (TPSA) is 56.8 Å². The molecule has 0 aromatic heterocycles. The fourth-order valence-electron chi connectivity index (χ4n) is 4.31. The Balaban J connectivity index is 1.51. The Morgan fingerprint density at radius 3 is 2.51 bits per heavy atom. The molecule has 4 rings (SSSR count). The quantitative estimate of drug-likeness (QED) is 0.439. The van der Waals surface area contributed by atoms with Crippen molar-refractivity contribution in [3.8, 4) is 16.9 Å². The van der Waals surface area contributed by atoms with Crippen molar-refractivity contribution < 1.29 is 9.53 Å². The summed E-state index contributed by atoms with van der Waals surface area (Å²) in [6.07, 6.45) is 0. The van der Waals surface area contributed by atoms with Crippen LogP contribution in [-0.4, -0.2) is 62.2 Å². The molecule has 3 aromatic carbocycles. The highest BCUT2D eigenvalue weighted by Gasteiger charge is 2.18. The number of amides is 2. The maximum Gasteiger partial charge on any atom is 0.322 e. The van der Waals surface area contributed by atoms with Crippen LogP contribution in [-0.2, 0) is 6.54 Å². The van der Waals surface area contributed by atoms with Gasteiger partial charge >= 0.3 is 6.03 Å². The third-order valence-corrected chi connectivity index (χ3v) is 6.09. The minimum Gasteiger partial charge on any atom is -0.497 e. The molecule has 0 unspecified atom stereocenters. The molecule has 0 atom stereocenters. The minimum absolute atomic E-state index is 0.162. The van der Waals surface area contributed by atoms with Gasteiger partial charge < -0.3 is 20.3 Å². The van der Waals surface area contributed by atoms with Crippen molar-refractivity contribution in [1.29, 1.82) is 0 Å². The Kier molecular flexibility index (Phi) is 8.54. The van der Waals surface area contributed by atoms with E-state index in [1.807, 2.05) is 53.4 Å². The molecular formula is C29H34N4O2. The van der Waals surface area contributed by atoms with E-state index in [-0.39, 0.29) is 6.03 Å². The zero-order valence-electron chi connectivity index (χ0n) is 20.4. The van der Waals surface area contributed by atoms with Gasteiger partial charge in [-0.3, -0.25) is 4.90 Å². The van der Waals surface area contributed by atoms with E-state index in [0.717, 1.165) is 55.0 Å². The first-order chi connectivity index (χ1) is 17.1. The fourth-order valence-corrected chi connectivity index (χ4v) is 4.31. The predicted octanol–water partition coefficient (Wildman–Crippen LogP) is 4.86. The molecule has 0 aliphatic carbocycles. The van der Waals surface area contributed by atoms with E-state index in [9.17, 15) is 4.79 Å². The van der Waals surface area contributed by atoms with Crippen LogP contribution in [0.3, 0.4) is 0 Å². The van der Waals surface area contributed by atoms with Crippen LogP contribution in [0.5, 0.6) is 5.75 Å². The number of carbonyl (C=O) groups excluding carboxylic acids is 1. The van der Waals surface area contributed by atoms with Crippen LogP contribution < -0.4 is 15.4 Å². The first kappa shape index (κ1) is 24.5. The van der Waals surface area contributed by atoms with Crippen molar-refractivity contribution in [2.24, 2.45) is 0 Å². The van der Waals surface area contributed by atoms with E-state index in [2.05, 4.69) is 52.4 Å². The zero-order valence-corrected chi connectivity index (χ0v) is 20.4. The number of rotatable bonds is 9. The highest BCUT2D eigenvalue weighted by molar-refractivity contribution is 5.89. The Hall–Kier alpha value is -3.61. The summed E-state index contributed by atoms with van der Waals surface area (Å²) in [5.74, 6) is 0.702. The summed E-state index contributed by atoms with van der Waals surface area (Å²) in [5.41, 5.74) is 5.08. The van der Waals surface area contributed by atoms with E-state index in [1.165, 1.54) is 0 Å². The number of anilines is 1. The number of hydrogen-bond acceptors (Lipinski definition) is 4. The average Bonchev–Trinajstić information content (AvgIpc) is 2.89. The fraction of sp³-hybridized carbons (Fsp3) is 0.276. The number of urea groups is 1. The van der Waals surface area contributed by atoms with E-state index < -0.39 is 0 Å². The molecule has 3 aromatic rings. The number of carbonyl (C=O) groups is 1. The van der Waals surface area contributed by atoms with Gasteiger partial charge in [0.1, 0.15) is 5.75 Å². The summed E-state index contributed by atoms with van der Waals surface area (Å²) in [7, 11) is 1.62. The smallest absolute Gasteiger partial charge is 0.322 e. The van der Waals surface area contributed by atoms with Crippen LogP contribution in [0.1, 0.15) is 5.56 Å². The van der Waals surface area contributed by atoms with Gasteiger partial charge in [-0.05, 0) is 40.5 Å². The Morgan fingerprint density at radius 1 is 1.00 bits per heavy atom.